The van der Waals surface area contributed by atoms with Crippen LogP contribution in [0.3, 0.4) is 0 Å². The third kappa shape index (κ3) is 3.39. The predicted octanol–water partition coefficient (Wildman–Crippen LogP) is 4.26. The topological polar surface area (TPSA) is 94.1 Å². The Morgan fingerprint density at radius 3 is 2.24 bits per heavy atom. The average molecular weight is 494 g/mol. The lowest BCUT2D eigenvalue weighted by Gasteiger charge is -2.66. The fourth-order valence-electron chi connectivity index (χ4n) is 7.17. The summed E-state index contributed by atoms with van der Waals surface area (Å²) in [4.78, 5) is 11.6. The first-order chi connectivity index (χ1) is 18.1. The maximum atomic E-state index is 6.36. The zero-order valence-electron chi connectivity index (χ0n) is 20.8. The summed E-state index contributed by atoms with van der Waals surface area (Å²) in [6, 6.07) is 19.0. The largest absolute Gasteiger partial charge is 0.457 e. The molecule has 37 heavy (non-hydrogen) atoms. The van der Waals surface area contributed by atoms with E-state index in [2.05, 4.69) is 24.9 Å². The van der Waals surface area contributed by atoms with Crippen LogP contribution in [0.4, 0.5) is 5.82 Å². The third-order valence-corrected chi connectivity index (χ3v) is 9.24. The Hall–Kier alpha value is -3.49. The van der Waals surface area contributed by atoms with Crippen molar-refractivity contribution in [2.45, 2.75) is 37.8 Å². The molecule has 2 saturated heterocycles. The van der Waals surface area contributed by atoms with Gasteiger partial charge in [-0.05, 0) is 72.9 Å². The zero-order chi connectivity index (χ0) is 24.6. The van der Waals surface area contributed by atoms with Gasteiger partial charge in [0.15, 0.2) is 5.65 Å². The molecule has 2 aliphatic carbocycles. The number of nitrogens with two attached hydrogens (primary N) is 1. The monoisotopic (exact) mass is 493 g/mol. The first kappa shape index (κ1) is 21.6. The highest BCUT2D eigenvalue weighted by molar-refractivity contribution is 5.98. The molecule has 8 nitrogen and oxygen atoms in total. The smallest absolute Gasteiger partial charge is 0.164 e. The maximum absolute atomic E-state index is 6.36. The molecule has 2 spiro atoms. The highest BCUT2D eigenvalue weighted by atomic mass is 16.5. The number of anilines is 1. The summed E-state index contributed by atoms with van der Waals surface area (Å²) in [6.45, 7) is 4.94. The van der Waals surface area contributed by atoms with Gasteiger partial charge in [-0.15, -0.1) is 0 Å². The second-order valence-electron chi connectivity index (χ2n) is 11.8. The quantitative estimate of drug-likeness (QED) is 0.429. The number of aromatic nitrogens is 4. The van der Waals surface area contributed by atoms with Gasteiger partial charge in [-0.25, -0.2) is 14.6 Å². The molecule has 0 atom stereocenters. The van der Waals surface area contributed by atoms with E-state index in [1.54, 1.807) is 6.33 Å². The van der Waals surface area contributed by atoms with E-state index in [-0.39, 0.29) is 0 Å². The minimum Gasteiger partial charge on any atom is -0.457 e. The minimum atomic E-state index is 0.358. The van der Waals surface area contributed by atoms with Crippen LogP contribution in [0.15, 0.2) is 60.9 Å². The van der Waals surface area contributed by atoms with Crippen molar-refractivity contribution in [2.24, 2.45) is 10.8 Å². The summed E-state index contributed by atoms with van der Waals surface area (Å²) in [5.41, 5.74) is 10.1. The molecule has 2 aromatic carbocycles. The molecule has 2 aliphatic heterocycles. The Morgan fingerprint density at radius 2 is 1.54 bits per heavy atom. The van der Waals surface area contributed by atoms with E-state index in [4.69, 9.17) is 15.6 Å². The van der Waals surface area contributed by atoms with Crippen LogP contribution in [-0.4, -0.2) is 56.9 Å². The van der Waals surface area contributed by atoms with Crippen molar-refractivity contribution in [3.63, 3.8) is 0 Å². The van der Waals surface area contributed by atoms with Crippen molar-refractivity contribution in [1.82, 2.24) is 30.0 Å². The third-order valence-electron chi connectivity index (χ3n) is 9.24. The molecule has 2 saturated carbocycles. The molecule has 4 heterocycles. The van der Waals surface area contributed by atoms with Gasteiger partial charge in [0.2, 0.25) is 0 Å². The number of benzene rings is 2. The van der Waals surface area contributed by atoms with Crippen LogP contribution in [0.1, 0.15) is 31.7 Å². The van der Waals surface area contributed by atoms with Crippen LogP contribution in [-0.2, 0) is 0 Å². The van der Waals surface area contributed by atoms with Crippen molar-refractivity contribution < 1.29 is 4.74 Å². The summed E-state index contributed by atoms with van der Waals surface area (Å²) in [5.74, 6) is 2.07. The molecule has 188 valence electrons. The molecule has 3 N–H and O–H groups in total. The van der Waals surface area contributed by atoms with Crippen LogP contribution < -0.4 is 15.8 Å². The lowest BCUT2D eigenvalue weighted by Crippen LogP contribution is -2.71. The van der Waals surface area contributed by atoms with Gasteiger partial charge in [0.05, 0.1) is 11.4 Å². The first-order valence-corrected chi connectivity index (χ1v) is 13.4. The van der Waals surface area contributed by atoms with Gasteiger partial charge in [0, 0.05) is 37.8 Å². The first-order valence-electron chi connectivity index (χ1n) is 13.4. The van der Waals surface area contributed by atoms with Crippen LogP contribution in [0, 0.1) is 10.8 Å². The summed E-state index contributed by atoms with van der Waals surface area (Å²) < 4.78 is 8.08. The van der Waals surface area contributed by atoms with Crippen molar-refractivity contribution >= 4 is 16.9 Å². The summed E-state index contributed by atoms with van der Waals surface area (Å²) in [7, 11) is 0. The number of hydrogen-bond donors (Lipinski definition) is 2. The molecular formula is C29H31N7O. The molecule has 0 radical (unpaired) electrons. The lowest BCUT2D eigenvalue weighted by molar-refractivity contribution is -0.152. The predicted molar refractivity (Wildman–Crippen MR) is 142 cm³/mol. The van der Waals surface area contributed by atoms with Crippen LogP contribution >= 0.6 is 0 Å². The van der Waals surface area contributed by atoms with Crippen molar-refractivity contribution in [3.05, 3.63) is 60.9 Å². The number of ether oxygens (including phenoxy) is 1. The molecule has 0 amide bonds. The molecule has 4 aromatic rings. The van der Waals surface area contributed by atoms with Gasteiger partial charge in [0.25, 0.3) is 0 Å². The minimum absolute atomic E-state index is 0.358. The van der Waals surface area contributed by atoms with Crippen LogP contribution in [0.2, 0.25) is 0 Å². The summed E-state index contributed by atoms with van der Waals surface area (Å²) in [6.07, 6.45) is 6.65. The highest BCUT2D eigenvalue weighted by Crippen LogP contribution is 2.58. The van der Waals surface area contributed by atoms with E-state index >= 15 is 0 Å². The Balaban J connectivity index is 1.00. The number of para-hydroxylation sites is 1. The SMILES string of the molecule is Nc1ncnc2c1c(-c1ccc(Oc3ccccc3)cc1)nn2C1CC2(C1)CN(C1CC3(CNC3)C1)C2. The van der Waals surface area contributed by atoms with Crippen molar-refractivity contribution in [1.29, 1.82) is 0 Å². The van der Waals surface area contributed by atoms with E-state index in [9.17, 15) is 0 Å². The number of nitrogen functional groups attached to an aromatic ring is 1. The van der Waals surface area contributed by atoms with Crippen molar-refractivity contribution in [2.75, 3.05) is 31.9 Å². The molecule has 0 bridgehead atoms. The Kier molecular flexibility index (Phi) is 4.52. The fraction of sp³-hybridized carbons (Fsp3) is 0.414. The highest BCUT2D eigenvalue weighted by Gasteiger charge is 2.59. The number of rotatable bonds is 5. The standard InChI is InChI=1S/C29H31N7O/c30-26-24-25(19-6-8-23(9-7-19)37-22-4-2-1-3-5-22)34-36(27(24)33-18-32-26)21-12-29(13-21)16-35(17-29)20-10-28(11-20)14-31-15-28/h1-9,18,20-21,31H,10-17H2,(H2,30,32,33). The second kappa shape index (κ2) is 7.76. The number of hydrogen-bond acceptors (Lipinski definition) is 7. The molecule has 4 aliphatic rings. The van der Waals surface area contributed by atoms with Gasteiger partial charge >= 0.3 is 0 Å². The second-order valence-corrected chi connectivity index (χ2v) is 11.8. The molecular weight excluding hydrogens is 462 g/mol. The van der Waals surface area contributed by atoms with Gasteiger partial charge in [-0.3, -0.25) is 4.90 Å². The Morgan fingerprint density at radius 1 is 0.838 bits per heavy atom. The number of fused-ring (bicyclic) bond motifs is 1. The van der Waals surface area contributed by atoms with Crippen molar-refractivity contribution in [3.8, 4) is 22.8 Å². The lowest BCUT2D eigenvalue weighted by atomic mass is 9.56. The maximum Gasteiger partial charge on any atom is 0.164 e. The molecule has 8 rings (SSSR count). The Labute approximate surface area is 215 Å². The van der Waals surface area contributed by atoms with E-state index in [1.165, 1.54) is 39.0 Å². The van der Waals surface area contributed by atoms with E-state index in [1.807, 2.05) is 54.6 Å². The van der Waals surface area contributed by atoms with Gasteiger partial charge in [-0.2, -0.15) is 5.10 Å². The van der Waals surface area contributed by atoms with Gasteiger partial charge < -0.3 is 15.8 Å². The fourth-order valence-corrected chi connectivity index (χ4v) is 7.17. The summed E-state index contributed by atoms with van der Waals surface area (Å²) >= 11 is 0. The summed E-state index contributed by atoms with van der Waals surface area (Å²) in [5, 5.41) is 9.36. The van der Waals surface area contributed by atoms with Gasteiger partial charge in [-0.1, -0.05) is 18.2 Å². The molecule has 0 unspecified atom stereocenters. The number of nitrogens with zero attached hydrogens (tertiary/aromatic N) is 5. The van der Waals surface area contributed by atoms with E-state index in [0.717, 1.165) is 52.7 Å². The van der Waals surface area contributed by atoms with Gasteiger partial charge in [0.1, 0.15) is 29.3 Å². The molecule has 2 aromatic heterocycles. The molecule has 8 heteroatoms. The van der Waals surface area contributed by atoms with Crippen LogP contribution in [0.5, 0.6) is 11.5 Å². The molecule has 4 fully saturated rings. The number of likely N-dealkylation sites (tertiary alicyclic amines) is 1. The zero-order valence-corrected chi connectivity index (χ0v) is 20.8. The van der Waals surface area contributed by atoms with Crippen LogP contribution in [0.25, 0.3) is 22.3 Å². The number of nitrogens with one attached hydrogen (secondary N) is 1. The normalized spacial score (nSPS) is 23.8. The van der Waals surface area contributed by atoms with E-state index < -0.39 is 0 Å². The Bertz CT molecular complexity index is 1460. The van der Waals surface area contributed by atoms with E-state index in [0.29, 0.717) is 22.7 Å². The average Bonchev–Trinajstić information content (AvgIpc) is 3.19.